The predicted molar refractivity (Wildman–Crippen MR) is 72.8 cm³/mol. The van der Waals surface area contributed by atoms with Crippen molar-refractivity contribution in [1.29, 1.82) is 0 Å². The van der Waals surface area contributed by atoms with Crippen molar-refractivity contribution >= 4 is 27.7 Å². The van der Waals surface area contributed by atoms with Crippen molar-refractivity contribution in [3.63, 3.8) is 0 Å². The quantitative estimate of drug-likeness (QED) is 0.881. The molecular weight excluding hydrogens is 300 g/mol. The first-order chi connectivity index (χ1) is 8.20. The topological polar surface area (TPSA) is 56.7 Å². The third kappa shape index (κ3) is 3.08. The molecule has 0 fully saturated rings. The molecule has 0 aliphatic rings. The van der Waals surface area contributed by atoms with E-state index in [1.165, 1.54) is 0 Å². The molecule has 0 amide bonds. The summed E-state index contributed by atoms with van der Waals surface area (Å²) < 4.78 is 2.78. The van der Waals surface area contributed by atoms with Gasteiger partial charge in [-0.25, -0.2) is 4.98 Å². The first-order valence-corrected chi connectivity index (χ1v) is 6.83. The van der Waals surface area contributed by atoms with Crippen LogP contribution in [-0.4, -0.2) is 21.3 Å². The number of nitrogens with two attached hydrogens (primary N) is 1. The van der Waals surface area contributed by atoms with Crippen LogP contribution in [0.3, 0.4) is 0 Å². The molecule has 17 heavy (non-hydrogen) atoms. The lowest BCUT2D eigenvalue weighted by atomic mass is 10.2. The number of nitrogens with zero attached hydrogens (tertiary/aromatic N) is 3. The summed E-state index contributed by atoms with van der Waals surface area (Å²) >= 11 is 5.13. The molecule has 2 heterocycles. The molecular formula is C11H13BrN4S. The van der Waals surface area contributed by atoms with Gasteiger partial charge < -0.3 is 5.73 Å². The smallest absolute Gasteiger partial charge is 0.111 e. The van der Waals surface area contributed by atoms with E-state index in [0.717, 1.165) is 15.1 Å². The molecule has 6 heteroatoms. The first kappa shape index (κ1) is 12.6. The second-order valence-electron chi connectivity index (χ2n) is 3.58. The molecule has 0 saturated carbocycles. The van der Waals surface area contributed by atoms with Crippen molar-refractivity contribution in [3.05, 3.63) is 40.8 Å². The van der Waals surface area contributed by atoms with Gasteiger partial charge in [0.2, 0.25) is 0 Å². The first-order valence-electron chi connectivity index (χ1n) is 5.16. The van der Waals surface area contributed by atoms with Crippen LogP contribution in [0.15, 0.2) is 40.2 Å². The van der Waals surface area contributed by atoms with Gasteiger partial charge in [0, 0.05) is 36.0 Å². The van der Waals surface area contributed by atoms with E-state index >= 15 is 0 Å². The molecule has 0 aromatic carbocycles. The summed E-state index contributed by atoms with van der Waals surface area (Å²) in [5, 5.41) is 5.29. The Kier molecular flexibility index (Phi) is 4.20. The second kappa shape index (κ2) is 5.66. The molecule has 1 atom stereocenters. The molecule has 4 nitrogen and oxygen atoms in total. The molecule has 90 valence electrons. The van der Waals surface area contributed by atoms with E-state index in [1.54, 1.807) is 22.6 Å². The van der Waals surface area contributed by atoms with Crippen LogP contribution in [-0.2, 0) is 7.05 Å². The summed E-state index contributed by atoms with van der Waals surface area (Å²) in [5.41, 5.74) is 6.93. The number of hydrogen-bond acceptors (Lipinski definition) is 4. The van der Waals surface area contributed by atoms with Crippen LogP contribution in [0.25, 0.3) is 0 Å². The number of aromatic nitrogens is 3. The largest absolute Gasteiger partial charge is 0.329 e. The van der Waals surface area contributed by atoms with E-state index < -0.39 is 0 Å². The van der Waals surface area contributed by atoms with E-state index in [0.29, 0.717) is 6.54 Å². The van der Waals surface area contributed by atoms with Gasteiger partial charge in [0.25, 0.3) is 0 Å². The van der Waals surface area contributed by atoms with Gasteiger partial charge in [0.15, 0.2) is 0 Å². The Balaban J connectivity index is 2.18. The zero-order chi connectivity index (χ0) is 12.3. The summed E-state index contributed by atoms with van der Waals surface area (Å²) in [6.45, 7) is 0.555. The van der Waals surface area contributed by atoms with E-state index in [4.69, 9.17) is 5.73 Å². The molecule has 1 unspecified atom stereocenters. The predicted octanol–water partition coefficient (Wildman–Crippen LogP) is 2.37. The van der Waals surface area contributed by atoms with Crippen LogP contribution >= 0.6 is 27.7 Å². The minimum atomic E-state index is 0.176. The molecule has 2 aromatic heterocycles. The van der Waals surface area contributed by atoms with Crippen LogP contribution in [0.4, 0.5) is 0 Å². The summed E-state index contributed by atoms with van der Waals surface area (Å²) in [7, 11) is 1.90. The number of hydrogen-bond donors (Lipinski definition) is 1. The van der Waals surface area contributed by atoms with Crippen molar-refractivity contribution in [2.45, 2.75) is 10.3 Å². The number of thioether (sulfide) groups is 1. The number of halogens is 1. The minimum Gasteiger partial charge on any atom is -0.329 e. The maximum atomic E-state index is 5.81. The van der Waals surface area contributed by atoms with Crippen molar-refractivity contribution in [2.75, 3.05) is 6.54 Å². The number of pyridine rings is 1. The van der Waals surface area contributed by atoms with E-state index in [-0.39, 0.29) is 5.25 Å². The lowest BCUT2D eigenvalue weighted by molar-refractivity contribution is 0.766. The van der Waals surface area contributed by atoms with E-state index in [2.05, 4.69) is 26.0 Å². The van der Waals surface area contributed by atoms with Crippen LogP contribution < -0.4 is 5.73 Å². The maximum Gasteiger partial charge on any atom is 0.111 e. The average Bonchev–Trinajstić information content (AvgIpc) is 2.75. The molecule has 0 aliphatic carbocycles. The Hall–Kier alpha value is -0.850. The lowest BCUT2D eigenvalue weighted by Gasteiger charge is -2.12. The fourth-order valence-corrected chi connectivity index (χ4v) is 2.91. The van der Waals surface area contributed by atoms with Crippen LogP contribution in [0.2, 0.25) is 0 Å². The summed E-state index contributed by atoms with van der Waals surface area (Å²) in [5.74, 6) is 0. The second-order valence-corrected chi connectivity index (χ2v) is 5.63. The molecule has 0 spiro atoms. The molecule has 0 aliphatic heterocycles. The van der Waals surface area contributed by atoms with Crippen LogP contribution in [0, 0.1) is 0 Å². The van der Waals surface area contributed by atoms with Gasteiger partial charge in [-0.15, -0.1) is 0 Å². The summed E-state index contributed by atoms with van der Waals surface area (Å²) in [6, 6.07) is 3.88. The minimum absolute atomic E-state index is 0.176. The Morgan fingerprint density at radius 1 is 1.59 bits per heavy atom. The molecule has 2 rings (SSSR count). The molecule has 0 radical (unpaired) electrons. The van der Waals surface area contributed by atoms with Gasteiger partial charge in [0.05, 0.1) is 11.4 Å². The number of aryl methyl sites for hydroxylation is 1. The van der Waals surface area contributed by atoms with Gasteiger partial charge in [-0.05, 0) is 28.1 Å². The fraction of sp³-hybridized carbons (Fsp3) is 0.273. The molecule has 2 N–H and O–H groups in total. The van der Waals surface area contributed by atoms with Gasteiger partial charge in [-0.2, -0.15) is 5.10 Å². The fourth-order valence-electron chi connectivity index (χ4n) is 1.45. The molecule has 0 bridgehead atoms. The van der Waals surface area contributed by atoms with E-state index in [1.807, 2.05) is 31.6 Å². The van der Waals surface area contributed by atoms with E-state index in [9.17, 15) is 0 Å². The standard InChI is InChI=1S/C11H13BrN4S/c1-16-7-8(6-15-16)10(5-13)17-11-9(12)3-2-4-14-11/h2-4,6-7,10H,5,13H2,1H3. The van der Waals surface area contributed by atoms with Crippen molar-refractivity contribution in [2.24, 2.45) is 12.8 Å². The van der Waals surface area contributed by atoms with Crippen molar-refractivity contribution in [3.8, 4) is 0 Å². The van der Waals surface area contributed by atoms with Crippen molar-refractivity contribution in [1.82, 2.24) is 14.8 Å². The third-order valence-electron chi connectivity index (χ3n) is 2.29. The maximum absolute atomic E-state index is 5.81. The zero-order valence-corrected chi connectivity index (χ0v) is 11.8. The van der Waals surface area contributed by atoms with Gasteiger partial charge >= 0.3 is 0 Å². The average molecular weight is 313 g/mol. The van der Waals surface area contributed by atoms with Gasteiger partial charge in [-0.1, -0.05) is 11.8 Å². The summed E-state index contributed by atoms with van der Waals surface area (Å²) in [4.78, 5) is 4.33. The van der Waals surface area contributed by atoms with Gasteiger partial charge in [0.1, 0.15) is 5.03 Å². The van der Waals surface area contributed by atoms with Crippen LogP contribution in [0.5, 0.6) is 0 Å². The normalized spacial score (nSPS) is 12.6. The molecule has 0 saturated heterocycles. The Morgan fingerprint density at radius 2 is 2.41 bits per heavy atom. The highest BCUT2D eigenvalue weighted by atomic mass is 79.9. The Bertz CT molecular complexity index is 500. The van der Waals surface area contributed by atoms with Crippen LogP contribution in [0.1, 0.15) is 10.8 Å². The summed E-state index contributed by atoms with van der Waals surface area (Å²) in [6.07, 6.45) is 5.62. The monoisotopic (exact) mass is 312 g/mol. The third-order valence-corrected chi connectivity index (χ3v) is 4.49. The molecule has 2 aromatic rings. The highest BCUT2D eigenvalue weighted by molar-refractivity contribution is 9.10. The zero-order valence-electron chi connectivity index (χ0n) is 9.38. The SMILES string of the molecule is Cn1cc(C(CN)Sc2ncccc2Br)cn1. The Morgan fingerprint density at radius 3 is 3.00 bits per heavy atom. The van der Waals surface area contributed by atoms with Gasteiger partial charge in [-0.3, -0.25) is 4.68 Å². The van der Waals surface area contributed by atoms with Crippen molar-refractivity contribution < 1.29 is 0 Å². The lowest BCUT2D eigenvalue weighted by Crippen LogP contribution is -2.09. The highest BCUT2D eigenvalue weighted by Gasteiger charge is 2.15. The Labute approximate surface area is 113 Å². The highest BCUT2D eigenvalue weighted by Crippen LogP contribution is 2.36. The number of rotatable bonds is 4.